The van der Waals surface area contributed by atoms with Crippen molar-refractivity contribution in [3.05, 3.63) is 53.5 Å². The van der Waals surface area contributed by atoms with E-state index in [-0.39, 0.29) is 5.82 Å². The van der Waals surface area contributed by atoms with Gasteiger partial charge in [-0.25, -0.2) is 4.39 Å². The summed E-state index contributed by atoms with van der Waals surface area (Å²) in [7, 11) is 0. The molecule has 0 aliphatic carbocycles. The van der Waals surface area contributed by atoms with E-state index < -0.39 is 0 Å². The lowest BCUT2D eigenvalue weighted by molar-refractivity contribution is 0.120. The normalized spacial score (nSPS) is 15.6. The molecule has 0 bridgehead atoms. The molecule has 0 amide bonds. The summed E-state index contributed by atoms with van der Waals surface area (Å²) >= 11 is 0. The van der Waals surface area contributed by atoms with Gasteiger partial charge in [-0.2, -0.15) is 5.26 Å². The summed E-state index contributed by atoms with van der Waals surface area (Å²) < 4.78 is 24.0. The van der Waals surface area contributed by atoms with Crippen LogP contribution in [0.1, 0.15) is 11.3 Å². The highest BCUT2D eigenvalue weighted by molar-refractivity contribution is 5.88. The molecule has 1 aromatic heterocycles. The van der Waals surface area contributed by atoms with Crippen LogP contribution in [0.25, 0.3) is 11.6 Å². The standard InChI is InChI=1S/C17H15FN2O2/c18-15-3-1-13(2-4-15)14(12-19)11-16-5-6-17(22-16)20-7-9-21-10-8-20/h1-6,11H,7-10H2/b14-11-. The molecule has 0 radical (unpaired) electrons. The molecule has 1 aliphatic rings. The predicted octanol–water partition coefficient (Wildman–Crippen LogP) is 3.32. The van der Waals surface area contributed by atoms with Gasteiger partial charge in [0, 0.05) is 19.2 Å². The van der Waals surface area contributed by atoms with Gasteiger partial charge in [0.1, 0.15) is 11.6 Å². The summed E-state index contributed by atoms with van der Waals surface area (Å²) in [5.41, 5.74) is 1.09. The molecule has 2 heterocycles. The average molecular weight is 298 g/mol. The lowest BCUT2D eigenvalue weighted by atomic mass is 10.1. The van der Waals surface area contributed by atoms with Crippen molar-refractivity contribution in [2.24, 2.45) is 0 Å². The molecule has 1 aromatic carbocycles. The van der Waals surface area contributed by atoms with Crippen LogP contribution < -0.4 is 4.90 Å². The number of furan rings is 1. The first-order chi connectivity index (χ1) is 10.8. The number of halogens is 1. The van der Waals surface area contributed by atoms with E-state index in [0.717, 1.165) is 19.0 Å². The molecule has 1 aliphatic heterocycles. The summed E-state index contributed by atoms with van der Waals surface area (Å²) in [5, 5.41) is 9.28. The van der Waals surface area contributed by atoms with Crippen molar-refractivity contribution in [1.82, 2.24) is 0 Å². The van der Waals surface area contributed by atoms with E-state index in [1.54, 1.807) is 18.2 Å². The first-order valence-electron chi connectivity index (χ1n) is 7.06. The predicted molar refractivity (Wildman–Crippen MR) is 81.6 cm³/mol. The number of nitrogens with zero attached hydrogens (tertiary/aromatic N) is 2. The topological polar surface area (TPSA) is 49.4 Å². The second-order valence-electron chi connectivity index (χ2n) is 4.95. The molecular formula is C17H15FN2O2. The zero-order valence-electron chi connectivity index (χ0n) is 12.0. The van der Waals surface area contributed by atoms with E-state index in [4.69, 9.17) is 9.15 Å². The quantitative estimate of drug-likeness (QED) is 0.816. The molecule has 0 unspecified atom stereocenters. The molecule has 0 spiro atoms. The summed E-state index contributed by atoms with van der Waals surface area (Å²) in [6.07, 6.45) is 1.66. The fraction of sp³-hybridized carbons (Fsp3) is 0.235. The maximum atomic E-state index is 13.0. The third kappa shape index (κ3) is 3.18. The van der Waals surface area contributed by atoms with Gasteiger partial charge in [-0.05, 0) is 29.8 Å². The highest BCUT2D eigenvalue weighted by atomic mass is 19.1. The summed E-state index contributed by atoms with van der Waals surface area (Å²) in [5.74, 6) is 1.04. The molecule has 22 heavy (non-hydrogen) atoms. The van der Waals surface area contributed by atoms with E-state index in [1.807, 2.05) is 12.1 Å². The van der Waals surface area contributed by atoms with Crippen molar-refractivity contribution in [1.29, 1.82) is 5.26 Å². The molecule has 5 heteroatoms. The minimum absolute atomic E-state index is 0.325. The minimum atomic E-state index is -0.325. The third-order valence-corrected chi connectivity index (χ3v) is 3.50. The van der Waals surface area contributed by atoms with Crippen LogP contribution in [0, 0.1) is 17.1 Å². The molecule has 2 aromatic rings. The van der Waals surface area contributed by atoms with Crippen molar-refractivity contribution < 1.29 is 13.5 Å². The van der Waals surface area contributed by atoms with Crippen molar-refractivity contribution >= 4 is 17.5 Å². The van der Waals surface area contributed by atoms with Crippen LogP contribution in [0.4, 0.5) is 10.3 Å². The van der Waals surface area contributed by atoms with Crippen molar-refractivity contribution in [3.8, 4) is 6.07 Å². The first kappa shape index (κ1) is 14.4. The van der Waals surface area contributed by atoms with E-state index in [1.165, 1.54) is 12.1 Å². The van der Waals surface area contributed by atoms with Gasteiger partial charge in [0.2, 0.25) is 0 Å². The molecule has 1 fully saturated rings. The zero-order chi connectivity index (χ0) is 15.4. The first-order valence-corrected chi connectivity index (χ1v) is 7.06. The smallest absolute Gasteiger partial charge is 0.196 e. The van der Waals surface area contributed by atoms with Gasteiger partial charge < -0.3 is 14.1 Å². The number of benzene rings is 1. The molecule has 1 saturated heterocycles. The van der Waals surface area contributed by atoms with Crippen LogP contribution in [0.2, 0.25) is 0 Å². The average Bonchev–Trinajstić information content (AvgIpc) is 3.03. The Morgan fingerprint density at radius 1 is 1.14 bits per heavy atom. The minimum Gasteiger partial charge on any atom is -0.441 e. The Morgan fingerprint density at radius 3 is 2.55 bits per heavy atom. The fourth-order valence-corrected chi connectivity index (χ4v) is 2.33. The number of ether oxygens (including phenoxy) is 1. The lowest BCUT2D eigenvalue weighted by Crippen LogP contribution is -2.35. The van der Waals surface area contributed by atoms with Gasteiger partial charge >= 0.3 is 0 Å². The number of allylic oxidation sites excluding steroid dienone is 1. The Balaban J connectivity index is 1.82. The van der Waals surface area contributed by atoms with Crippen LogP contribution in [-0.2, 0) is 4.74 Å². The Bertz CT molecular complexity index is 707. The molecule has 0 atom stereocenters. The van der Waals surface area contributed by atoms with Crippen molar-refractivity contribution in [2.75, 3.05) is 31.2 Å². The van der Waals surface area contributed by atoms with Gasteiger partial charge in [-0.1, -0.05) is 12.1 Å². The SMILES string of the molecule is N#C/C(=C/c1ccc(N2CCOCC2)o1)c1ccc(F)cc1. The van der Waals surface area contributed by atoms with Crippen LogP contribution >= 0.6 is 0 Å². The van der Waals surface area contributed by atoms with Crippen molar-refractivity contribution in [3.63, 3.8) is 0 Å². The number of nitriles is 1. The monoisotopic (exact) mass is 298 g/mol. The maximum absolute atomic E-state index is 13.0. The molecule has 0 saturated carbocycles. The van der Waals surface area contributed by atoms with Crippen LogP contribution in [0.15, 0.2) is 40.8 Å². The van der Waals surface area contributed by atoms with Gasteiger partial charge in [-0.3, -0.25) is 0 Å². The van der Waals surface area contributed by atoms with Gasteiger partial charge in [0.05, 0.1) is 24.9 Å². The molecular weight excluding hydrogens is 283 g/mol. The number of morpholine rings is 1. The van der Waals surface area contributed by atoms with E-state index >= 15 is 0 Å². The third-order valence-electron chi connectivity index (χ3n) is 3.50. The molecule has 0 N–H and O–H groups in total. The van der Waals surface area contributed by atoms with Crippen LogP contribution in [0.3, 0.4) is 0 Å². The number of hydrogen-bond acceptors (Lipinski definition) is 4. The van der Waals surface area contributed by atoms with E-state index in [2.05, 4.69) is 11.0 Å². The molecule has 112 valence electrons. The van der Waals surface area contributed by atoms with Crippen molar-refractivity contribution in [2.45, 2.75) is 0 Å². The van der Waals surface area contributed by atoms with Crippen LogP contribution in [-0.4, -0.2) is 26.3 Å². The number of rotatable bonds is 3. The number of anilines is 1. The van der Waals surface area contributed by atoms with Crippen LogP contribution in [0.5, 0.6) is 0 Å². The fourth-order valence-electron chi connectivity index (χ4n) is 2.33. The Labute approximate surface area is 128 Å². The number of hydrogen-bond donors (Lipinski definition) is 0. The van der Waals surface area contributed by atoms with Gasteiger partial charge in [0.25, 0.3) is 0 Å². The second kappa shape index (κ2) is 6.46. The van der Waals surface area contributed by atoms with Gasteiger partial charge in [0.15, 0.2) is 5.88 Å². The largest absolute Gasteiger partial charge is 0.441 e. The van der Waals surface area contributed by atoms with E-state index in [0.29, 0.717) is 30.1 Å². The summed E-state index contributed by atoms with van der Waals surface area (Å²) in [6, 6.07) is 11.7. The Hall–Kier alpha value is -2.58. The summed E-state index contributed by atoms with van der Waals surface area (Å²) in [4.78, 5) is 2.10. The molecule has 3 rings (SSSR count). The second-order valence-corrected chi connectivity index (χ2v) is 4.95. The van der Waals surface area contributed by atoms with E-state index in [9.17, 15) is 9.65 Å². The Morgan fingerprint density at radius 2 is 1.86 bits per heavy atom. The maximum Gasteiger partial charge on any atom is 0.196 e. The highest BCUT2D eigenvalue weighted by Crippen LogP contribution is 2.24. The zero-order valence-corrected chi connectivity index (χ0v) is 12.0. The Kier molecular flexibility index (Phi) is 4.22. The van der Waals surface area contributed by atoms with Gasteiger partial charge in [-0.15, -0.1) is 0 Å². The lowest BCUT2D eigenvalue weighted by Gasteiger charge is -2.26. The highest BCUT2D eigenvalue weighted by Gasteiger charge is 2.14. The summed E-state index contributed by atoms with van der Waals surface area (Å²) in [6.45, 7) is 2.95. The molecule has 4 nitrogen and oxygen atoms in total.